The molecule has 0 aromatic heterocycles. The van der Waals surface area contributed by atoms with E-state index in [1.807, 2.05) is 30.3 Å². The van der Waals surface area contributed by atoms with Gasteiger partial charge in [0, 0.05) is 20.5 Å². The number of hydrogen-bond donors (Lipinski definition) is 1. The van der Waals surface area contributed by atoms with Crippen LogP contribution >= 0.6 is 27.5 Å². The highest BCUT2D eigenvalue weighted by Crippen LogP contribution is 2.40. The number of benzene rings is 2. The first-order valence-corrected chi connectivity index (χ1v) is 8.03. The third-order valence-corrected chi connectivity index (χ3v) is 4.80. The first kappa shape index (κ1) is 14.9. The van der Waals surface area contributed by atoms with Gasteiger partial charge in [0.25, 0.3) is 0 Å². The summed E-state index contributed by atoms with van der Waals surface area (Å²) in [6.45, 7) is 5.07. The van der Waals surface area contributed by atoms with Gasteiger partial charge in [-0.25, -0.2) is 0 Å². The smallest absolute Gasteiger partial charge is 0.123 e. The van der Waals surface area contributed by atoms with E-state index >= 15 is 0 Å². The van der Waals surface area contributed by atoms with E-state index in [9.17, 15) is 0 Å². The summed E-state index contributed by atoms with van der Waals surface area (Å²) in [5.74, 6) is 0.956. The molecule has 21 heavy (non-hydrogen) atoms. The molecule has 0 fully saturated rings. The van der Waals surface area contributed by atoms with Gasteiger partial charge in [-0.15, -0.1) is 0 Å². The molecule has 0 aliphatic carbocycles. The lowest BCUT2D eigenvalue weighted by Gasteiger charge is -2.19. The molecule has 0 saturated carbocycles. The molecule has 2 N–H and O–H groups in total. The minimum atomic E-state index is -0.243. The maximum atomic E-state index is 6.41. The molecule has 2 aromatic rings. The second-order valence-corrected chi connectivity index (χ2v) is 7.39. The Balaban J connectivity index is 2.01. The lowest BCUT2D eigenvalue weighted by atomic mass is 9.85. The minimum Gasteiger partial charge on any atom is -0.492 e. The largest absolute Gasteiger partial charge is 0.492 e. The SMILES string of the molecule is CC1(C)COc2ccc(C(N)c3ccc(Br)cc3Cl)cc21. The van der Waals surface area contributed by atoms with Crippen molar-refractivity contribution in [2.75, 3.05) is 6.61 Å². The van der Waals surface area contributed by atoms with Crippen LogP contribution in [0.1, 0.15) is 36.6 Å². The van der Waals surface area contributed by atoms with Crippen molar-refractivity contribution in [2.45, 2.75) is 25.3 Å². The topological polar surface area (TPSA) is 35.2 Å². The van der Waals surface area contributed by atoms with Crippen molar-refractivity contribution in [1.29, 1.82) is 0 Å². The maximum Gasteiger partial charge on any atom is 0.123 e. The normalized spacial score (nSPS) is 17.2. The van der Waals surface area contributed by atoms with Crippen LogP contribution in [0.3, 0.4) is 0 Å². The minimum absolute atomic E-state index is 0.0224. The fourth-order valence-electron chi connectivity index (χ4n) is 2.67. The van der Waals surface area contributed by atoms with Crippen LogP contribution in [0.4, 0.5) is 0 Å². The molecular weight excluding hydrogens is 350 g/mol. The molecule has 0 amide bonds. The zero-order chi connectivity index (χ0) is 15.2. The first-order valence-electron chi connectivity index (χ1n) is 6.86. The molecule has 3 rings (SSSR count). The van der Waals surface area contributed by atoms with Gasteiger partial charge in [-0.2, -0.15) is 0 Å². The van der Waals surface area contributed by atoms with E-state index in [4.69, 9.17) is 22.1 Å². The molecule has 1 aliphatic rings. The number of halogens is 2. The standard InChI is InChI=1S/C17H17BrClNO/c1-17(2)9-21-15-6-3-10(7-13(15)17)16(20)12-5-4-11(18)8-14(12)19/h3-8,16H,9,20H2,1-2H3. The second-order valence-electron chi connectivity index (χ2n) is 6.07. The molecule has 0 saturated heterocycles. The Hall–Kier alpha value is -1.03. The summed E-state index contributed by atoms with van der Waals surface area (Å²) < 4.78 is 6.67. The Bertz CT molecular complexity index is 699. The fraction of sp³-hybridized carbons (Fsp3) is 0.294. The monoisotopic (exact) mass is 365 g/mol. The Labute approximate surface area is 138 Å². The number of ether oxygens (including phenoxy) is 1. The van der Waals surface area contributed by atoms with Crippen molar-refractivity contribution >= 4 is 27.5 Å². The van der Waals surface area contributed by atoms with E-state index in [1.54, 1.807) is 0 Å². The van der Waals surface area contributed by atoms with Crippen molar-refractivity contribution in [2.24, 2.45) is 5.73 Å². The van der Waals surface area contributed by atoms with Gasteiger partial charge in [-0.1, -0.05) is 53.5 Å². The second kappa shape index (κ2) is 5.31. The summed E-state index contributed by atoms with van der Waals surface area (Å²) in [7, 11) is 0. The zero-order valence-electron chi connectivity index (χ0n) is 12.0. The van der Waals surface area contributed by atoms with Crippen molar-refractivity contribution < 1.29 is 4.74 Å². The molecule has 2 nitrogen and oxygen atoms in total. The molecule has 0 bridgehead atoms. The number of rotatable bonds is 2. The quantitative estimate of drug-likeness (QED) is 0.827. The van der Waals surface area contributed by atoms with Crippen LogP contribution in [0.15, 0.2) is 40.9 Å². The Morgan fingerprint density at radius 3 is 2.71 bits per heavy atom. The zero-order valence-corrected chi connectivity index (χ0v) is 14.3. The van der Waals surface area contributed by atoms with E-state index in [0.29, 0.717) is 11.6 Å². The average Bonchev–Trinajstić information content (AvgIpc) is 2.74. The van der Waals surface area contributed by atoms with Gasteiger partial charge in [0.2, 0.25) is 0 Å². The summed E-state index contributed by atoms with van der Waals surface area (Å²) >= 11 is 9.73. The highest BCUT2D eigenvalue weighted by Gasteiger charge is 2.32. The highest BCUT2D eigenvalue weighted by molar-refractivity contribution is 9.10. The van der Waals surface area contributed by atoms with Crippen molar-refractivity contribution in [3.05, 3.63) is 62.6 Å². The van der Waals surface area contributed by atoms with Crippen LogP contribution in [-0.4, -0.2) is 6.61 Å². The Kier molecular flexibility index (Phi) is 3.76. The van der Waals surface area contributed by atoms with E-state index in [1.165, 1.54) is 5.56 Å². The molecule has 0 spiro atoms. The average molecular weight is 367 g/mol. The molecule has 0 radical (unpaired) electrons. The lowest BCUT2D eigenvalue weighted by molar-refractivity contribution is 0.291. The highest BCUT2D eigenvalue weighted by atomic mass is 79.9. The summed E-state index contributed by atoms with van der Waals surface area (Å²) in [6, 6.07) is 11.7. The number of hydrogen-bond acceptors (Lipinski definition) is 2. The molecule has 110 valence electrons. The summed E-state index contributed by atoms with van der Waals surface area (Å²) in [6.07, 6.45) is 0. The van der Waals surface area contributed by atoms with Crippen LogP contribution in [-0.2, 0) is 5.41 Å². The van der Waals surface area contributed by atoms with Crippen LogP contribution in [0, 0.1) is 0 Å². The summed E-state index contributed by atoms with van der Waals surface area (Å²) in [5.41, 5.74) is 9.62. The molecular formula is C17H17BrClNO. The van der Waals surface area contributed by atoms with Crippen molar-refractivity contribution in [1.82, 2.24) is 0 Å². The Morgan fingerprint density at radius 2 is 2.00 bits per heavy atom. The van der Waals surface area contributed by atoms with Crippen LogP contribution in [0.25, 0.3) is 0 Å². The van der Waals surface area contributed by atoms with Crippen molar-refractivity contribution in [3.63, 3.8) is 0 Å². The van der Waals surface area contributed by atoms with Crippen molar-refractivity contribution in [3.8, 4) is 5.75 Å². The van der Waals surface area contributed by atoms with Crippen LogP contribution in [0.2, 0.25) is 5.02 Å². The Morgan fingerprint density at radius 1 is 1.24 bits per heavy atom. The predicted molar refractivity (Wildman–Crippen MR) is 90.1 cm³/mol. The lowest BCUT2D eigenvalue weighted by Crippen LogP contribution is -2.19. The molecule has 1 atom stereocenters. The predicted octanol–water partition coefficient (Wildman–Crippen LogP) is 4.82. The van der Waals surface area contributed by atoms with E-state index in [-0.39, 0.29) is 11.5 Å². The van der Waals surface area contributed by atoms with E-state index in [0.717, 1.165) is 21.3 Å². The molecule has 4 heteroatoms. The van der Waals surface area contributed by atoms with Crippen LogP contribution < -0.4 is 10.5 Å². The van der Waals surface area contributed by atoms with Gasteiger partial charge in [0.1, 0.15) is 5.75 Å². The summed E-state index contributed by atoms with van der Waals surface area (Å²) in [4.78, 5) is 0. The summed E-state index contributed by atoms with van der Waals surface area (Å²) in [5, 5.41) is 0.674. The molecule has 2 aromatic carbocycles. The van der Waals surface area contributed by atoms with E-state index < -0.39 is 0 Å². The maximum absolute atomic E-state index is 6.41. The molecule has 1 heterocycles. The number of nitrogens with two attached hydrogens (primary N) is 1. The van der Waals surface area contributed by atoms with Crippen LogP contribution in [0.5, 0.6) is 5.75 Å². The fourth-order valence-corrected chi connectivity index (χ4v) is 3.46. The molecule has 1 unspecified atom stereocenters. The third kappa shape index (κ3) is 2.70. The number of fused-ring (bicyclic) bond motifs is 1. The van der Waals surface area contributed by atoms with Gasteiger partial charge in [-0.05, 0) is 35.4 Å². The van der Waals surface area contributed by atoms with Gasteiger partial charge >= 0.3 is 0 Å². The van der Waals surface area contributed by atoms with E-state index in [2.05, 4.69) is 35.8 Å². The third-order valence-electron chi connectivity index (χ3n) is 3.98. The molecule has 1 aliphatic heterocycles. The van der Waals surface area contributed by atoms with Gasteiger partial charge in [0.05, 0.1) is 12.6 Å². The van der Waals surface area contributed by atoms with Gasteiger partial charge < -0.3 is 10.5 Å². The van der Waals surface area contributed by atoms with Gasteiger partial charge in [-0.3, -0.25) is 0 Å². The van der Waals surface area contributed by atoms with Gasteiger partial charge in [0.15, 0.2) is 0 Å². The first-order chi connectivity index (χ1) is 9.88.